The van der Waals surface area contributed by atoms with Crippen molar-refractivity contribution in [2.75, 3.05) is 32.7 Å². The van der Waals surface area contributed by atoms with Gasteiger partial charge in [-0.05, 0) is 75.4 Å². The molecule has 3 heterocycles. The van der Waals surface area contributed by atoms with Crippen LogP contribution in [0.5, 0.6) is 0 Å². The molecule has 3 aromatic rings. The van der Waals surface area contributed by atoms with E-state index in [1.165, 1.54) is 19.3 Å². The standard InChI is InChI=1S/C29H36N4O3/c1-21-7-5-6-15-32(21)18-14-30-27(34)19-22-12-16-33(17-13-22)29(35)24-10-11-25-26(20-24)36-28(31-25)23-8-3-2-4-9-23/h2-4,8-11,20-22H,5-7,12-19H2,1H3,(H,30,34)/t21-/m0/s1. The van der Waals surface area contributed by atoms with Crippen LogP contribution in [0.15, 0.2) is 52.9 Å². The normalized spacial score (nSPS) is 19.5. The Kier molecular flexibility index (Phi) is 7.66. The van der Waals surface area contributed by atoms with E-state index in [2.05, 4.69) is 22.1 Å². The number of carbonyl (C=O) groups is 2. The van der Waals surface area contributed by atoms with E-state index < -0.39 is 0 Å². The lowest BCUT2D eigenvalue weighted by Gasteiger charge is -2.33. The third kappa shape index (κ3) is 5.78. The first-order valence-corrected chi connectivity index (χ1v) is 13.3. The Bertz CT molecular complexity index is 1180. The minimum Gasteiger partial charge on any atom is -0.436 e. The highest BCUT2D eigenvalue weighted by molar-refractivity contribution is 5.97. The van der Waals surface area contributed by atoms with Crippen LogP contribution in [0, 0.1) is 5.92 Å². The van der Waals surface area contributed by atoms with E-state index >= 15 is 0 Å². The van der Waals surface area contributed by atoms with E-state index in [0.29, 0.717) is 48.5 Å². The Balaban J connectivity index is 1.09. The van der Waals surface area contributed by atoms with Gasteiger partial charge in [-0.2, -0.15) is 0 Å². The van der Waals surface area contributed by atoms with Gasteiger partial charge in [0.25, 0.3) is 5.91 Å². The predicted octanol–water partition coefficient (Wildman–Crippen LogP) is 4.73. The molecule has 0 spiro atoms. The molecule has 7 heteroatoms. The molecule has 2 aliphatic rings. The zero-order chi connectivity index (χ0) is 24.9. The maximum atomic E-state index is 13.1. The fourth-order valence-electron chi connectivity index (χ4n) is 5.45. The Morgan fingerprint density at radius 3 is 2.61 bits per heavy atom. The van der Waals surface area contributed by atoms with E-state index in [0.717, 1.165) is 43.6 Å². The first-order valence-electron chi connectivity index (χ1n) is 13.3. The summed E-state index contributed by atoms with van der Waals surface area (Å²) in [6, 6.07) is 15.8. The van der Waals surface area contributed by atoms with Gasteiger partial charge in [-0.3, -0.25) is 14.5 Å². The molecule has 5 rings (SSSR count). The second kappa shape index (κ2) is 11.2. The minimum absolute atomic E-state index is 0.00751. The van der Waals surface area contributed by atoms with Crippen molar-refractivity contribution in [3.05, 3.63) is 54.1 Å². The molecule has 2 aliphatic heterocycles. The first kappa shape index (κ1) is 24.5. The third-order valence-electron chi connectivity index (χ3n) is 7.69. The zero-order valence-corrected chi connectivity index (χ0v) is 21.1. The van der Waals surface area contributed by atoms with Crippen molar-refractivity contribution in [3.63, 3.8) is 0 Å². The number of carbonyl (C=O) groups excluding carboxylic acids is 2. The number of fused-ring (bicyclic) bond motifs is 1. The lowest BCUT2D eigenvalue weighted by Crippen LogP contribution is -2.43. The van der Waals surface area contributed by atoms with Crippen LogP contribution in [0.3, 0.4) is 0 Å². The van der Waals surface area contributed by atoms with Gasteiger partial charge in [-0.1, -0.05) is 24.6 Å². The lowest BCUT2D eigenvalue weighted by atomic mass is 9.93. The van der Waals surface area contributed by atoms with Crippen molar-refractivity contribution in [1.82, 2.24) is 20.1 Å². The monoisotopic (exact) mass is 488 g/mol. The molecule has 2 amide bonds. The number of nitrogens with zero attached hydrogens (tertiary/aromatic N) is 3. The van der Waals surface area contributed by atoms with Gasteiger partial charge in [0.1, 0.15) is 5.52 Å². The average Bonchev–Trinajstić information content (AvgIpc) is 3.34. The number of piperidine rings is 2. The molecule has 0 bridgehead atoms. The second-order valence-corrected chi connectivity index (χ2v) is 10.2. The van der Waals surface area contributed by atoms with E-state index in [9.17, 15) is 9.59 Å². The van der Waals surface area contributed by atoms with Crippen LogP contribution in [0.25, 0.3) is 22.6 Å². The quantitative estimate of drug-likeness (QED) is 0.520. The molecule has 1 N–H and O–H groups in total. The van der Waals surface area contributed by atoms with E-state index in [1.807, 2.05) is 47.4 Å². The van der Waals surface area contributed by atoms with Crippen molar-refractivity contribution in [3.8, 4) is 11.5 Å². The number of nitrogens with one attached hydrogen (secondary N) is 1. The van der Waals surface area contributed by atoms with Crippen molar-refractivity contribution in [1.29, 1.82) is 0 Å². The number of oxazole rings is 1. The molecular formula is C29H36N4O3. The number of hydrogen-bond acceptors (Lipinski definition) is 5. The number of aromatic nitrogens is 1. The molecule has 0 aliphatic carbocycles. The van der Waals surface area contributed by atoms with E-state index in [-0.39, 0.29) is 11.8 Å². The van der Waals surface area contributed by atoms with Crippen molar-refractivity contribution < 1.29 is 14.0 Å². The Hall–Kier alpha value is -3.19. The fraction of sp³-hybridized carbons (Fsp3) is 0.483. The van der Waals surface area contributed by atoms with Crippen LogP contribution < -0.4 is 5.32 Å². The second-order valence-electron chi connectivity index (χ2n) is 10.2. The van der Waals surface area contributed by atoms with Crippen LogP contribution in [-0.4, -0.2) is 65.4 Å². The van der Waals surface area contributed by atoms with Gasteiger partial charge in [0.05, 0.1) is 0 Å². The number of benzene rings is 2. The molecule has 7 nitrogen and oxygen atoms in total. The smallest absolute Gasteiger partial charge is 0.253 e. The molecule has 0 unspecified atom stereocenters. The molecule has 1 aromatic heterocycles. The largest absolute Gasteiger partial charge is 0.436 e. The van der Waals surface area contributed by atoms with Crippen molar-refractivity contribution in [2.45, 2.75) is 51.5 Å². The van der Waals surface area contributed by atoms with Crippen molar-refractivity contribution >= 4 is 22.9 Å². The Labute approximate surface area is 212 Å². The van der Waals surface area contributed by atoms with Gasteiger partial charge in [0, 0.05) is 49.8 Å². The third-order valence-corrected chi connectivity index (χ3v) is 7.69. The average molecular weight is 489 g/mol. The van der Waals surface area contributed by atoms with Gasteiger partial charge >= 0.3 is 0 Å². The molecule has 0 radical (unpaired) electrons. The van der Waals surface area contributed by atoms with Crippen LogP contribution in [0.1, 0.15) is 55.8 Å². The summed E-state index contributed by atoms with van der Waals surface area (Å²) in [5.41, 5.74) is 2.88. The van der Waals surface area contributed by atoms with Gasteiger partial charge in [-0.15, -0.1) is 0 Å². The number of amides is 2. The molecule has 1 atom stereocenters. The summed E-state index contributed by atoms with van der Waals surface area (Å²) >= 11 is 0. The first-order chi connectivity index (χ1) is 17.6. The molecule has 0 saturated carbocycles. The van der Waals surface area contributed by atoms with Crippen LogP contribution in [-0.2, 0) is 4.79 Å². The highest BCUT2D eigenvalue weighted by Gasteiger charge is 2.26. The van der Waals surface area contributed by atoms with Gasteiger partial charge < -0.3 is 14.6 Å². The molecule has 2 saturated heterocycles. The number of rotatable bonds is 7. The summed E-state index contributed by atoms with van der Waals surface area (Å²) in [6.07, 6.45) is 6.08. The van der Waals surface area contributed by atoms with Gasteiger partial charge in [0.2, 0.25) is 11.8 Å². The van der Waals surface area contributed by atoms with Crippen LogP contribution >= 0.6 is 0 Å². The maximum Gasteiger partial charge on any atom is 0.253 e. The lowest BCUT2D eigenvalue weighted by molar-refractivity contribution is -0.122. The van der Waals surface area contributed by atoms with E-state index in [1.54, 1.807) is 6.07 Å². The topological polar surface area (TPSA) is 78.7 Å². The summed E-state index contributed by atoms with van der Waals surface area (Å²) in [5, 5.41) is 3.11. The molecule has 2 aromatic carbocycles. The fourth-order valence-corrected chi connectivity index (χ4v) is 5.45. The van der Waals surface area contributed by atoms with Gasteiger partial charge in [-0.25, -0.2) is 4.98 Å². The highest BCUT2D eigenvalue weighted by Crippen LogP contribution is 2.26. The zero-order valence-electron chi connectivity index (χ0n) is 21.1. The minimum atomic E-state index is 0.00751. The molecule has 36 heavy (non-hydrogen) atoms. The summed E-state index contributed by atoms with van der Waals surface area (Å²) in [6.45, 7) is 6.42. The van der Waals surface area contributed by atoms with Crippen LogP contribution in [0.4, 0.5) is 0 Å². The SMILES string of the molecule is C[C@H]1CCCCN1CCNC(=O)CC1CCN(C(=O)c2ccc3nc(-c4ccccc4)oc3c2)CC1. The van der Waals surface area contributed by atoms with Crippen LogP contribution in [0.2, 0.25) is 0 Å². The van der Waals surface area contributed by atoms with E-state index in [4.69, 9.17) is 4.42 Å². The molecule has 2 fully saturated rings. The maximum absolute atomic E-state index is 13.1. The summed E-state index contributed by atoms with van der Waals surface area (Å²) in [5.74, 6) is 1.02. The summed E-state index contributed by atoms with van der Waals surface area (Å²) in [7, 11) is 0. The molecular weight excluding hydrogens is 452 g/mol. The van der Waals surface area contributed by atoms with Gasteiger partial charge in [0.15, 0.2) is 5.58 Å². The molecule has 190 valence electrons. The summed E-state index contributed by atoms with van der Waals surface area (Å²) in [4.78, 5) is 34.5. The van der Waals surface area contributed by atoms with Crippen molar-refractivity contribution in [2.24, 2.45) is 5.92 Å². The number of hydrogen-bond donors (Lipinski definition) is 1. The predicted molar refractivity (Wildman–Crippen MR) is 141 cm³/mol. The number of likely N-dealkylation sites (tertiary alicyclic amines) is 2. The Morgan fingerprint density at radius 2 is 1.83 bits per heavy atom. The Morgan fingerprint density at radius 1 is 1.03 bits per heavy atom. The summed E-state index contributed by atoms with van der Waals surface area (Å²) < 4.78 is 5.94. The highest BCUT2D eigenvalue weighted by atomic mass is 16.3.